The van der Waals surface area contributed by atoms with E-state index in [1.807, 2.05) is 36.4 Å². The Morgan fingerprint density at radius 1 is 1.09 bits per heavy atom. The van der Waals surface area contributed by atoms with E-state index in [0.717, 1.165) is 17.5 Å². The molecule has 0 radical (unpaired) electrons. The number of rotatable bonds is 7. The van der Waals surface area contributed by atoms with Gasteiger partial charge in [0.2, 0.25) is 0 Å². The Hall–Kier alpha value is -3.51. The number of nitrogens with one attached hydrogen (secondary N) is 1. The minimum atomic E-state index is -0.292. The first-order chi connectivity index (χ1) is 15.5. The van der Waals surface area contributed by atoms with Crippen molar-refractivity contribution in [2.45, 2.75) is 19.9 Å². The number of halogens is 1. The first-order valence-electron chi connectivity index (χ1n) is 10.3. The summed E-state index contributed by atoms with van der Waals surface area (Å²) in [6, 6.07) is 20.2. The van der Waals surface area contributed by atoms with Crippen molar-refractivity contribution in [3.05, 3.63) is 82.9 Å². The quantitative estimate of drug-likeness (QED) is 0.559. The molecule has 0 aliphatic carbocycles. The lowest BCUT2D eigenvalue weighted by molar-refractivity contribution is -0.121. The molecule has 0 saturated heterocycles. The number of ether oxygens (including phenoxy) is 2. The van der Waals surface area contributed by atoms with Crippen LogP contribution >= 0.6 is 11.6 Å². The van der Waals surface area contributed by atoms with Gasteiger partial charge in [-0.25, -0.2) is 0 Å². The number of benzene rings is 3. The van der Waals surface area contributed by atoms with Crippen LogP contribution in [0.5, 0.6) is 11.5 Å². The fourth-order valence-electron chi connectivity index (χ4n) is 3.43. The second kappa shape index (κ2) is 9.75. The Labute approximate surface area is 191 Å². The Kier molecular flexibility index (Phi) is 6.61. The Balaban J connectivity index is 1.45. The van der Waals surface area contributed by atoms with Gasteiger partial charge in [-0.1, -0.05) is 42.8 Å². The molecular formula is C25H23ClN2O4. The van der Waals surface area contributed by atoms with E-state index in [-0.39, 0.29) is 25.0 Å². The van der Waals surface area contributed by atoms with Crippen LogP contribution in [0.1, 0.15) is 18.1 Å². The third-order valence-corrected chi connectivity index (χ3v) is 5.37. The number of aryl methyl sites for hydroxylation is 1. The average Bonchev–Trinajstić information content (AvgIpc) is 2.81. The zero-order valence-corrected chi connectivity index (χ0v) is 18.4. The molecule has 1 N–H and O–H groups in total. The van der Waals surface area contributed by atoms with Gasteiger partial charge >= 0.3 is 0 Å². The highest BCUT2D eigenvalue weighted by atomic mass is 35.5. The predicted molar refractivity (Wildman–Crippen MR) is 125 cm³/mol. The number of nitrogens with zero attached hydrogens (tertiary/aromatic N) is 1. The highest BCUT2D eigenvalue weighted by Gasteiger charge is 2.26. The van der Waals surface area contributed by atoms with E-state index < -0.39 is 0 Å². The standard InChI is InChI=1S/C25H23ClN2O4/c1-2-17-4-3-5-21(12-17)31-15-24(29)27-20-10-11-23-22(13-20)28(25(30)16-32-23)14-18-6-8-19(26)9-7-18/h3-13H,2,14-16H2,1H3,(H,27,29). The van der Waals surface area contributed by atoms with Gasteiger partial charge in [-0.15, -0.1) is 0 Å². The van der Waals surface area contributed by atoms with Gasteiger partial charge in [0.25, 0.3) is 11.8 Å². The van der Waals surface area contributed by atoms with Crippen LogP contribution in [0.25, 0.3) is 0 Å². The molecule has 0 bridgehead atoms. The highest BCUT2D eigenvalue weighted by molar-refractivity contribution is 6.30. The first-order valence-corrected chi connectivity index (χ1v) is 10.7. The SMILES string of the molecule is CCc1cccc(OCC(=O)Nc2ccc3c(c2)N(Cc2ccc(Cl)cc2)C(=O)CO3)c1. The van der Waals surface area contributed by atoms with Gasteiger partial charge in [0.15, 0.2) is 13.2 Å². The van der Waals surface area contributed by atoms with E-state index in [1.54, 1.807) is 35.2 Å². The van der Waals surface area contributed by atoms with Crippen LogP contribution in [0, 0.1) is 0 Å². The Morgan fingerprint density at radius 2 is 1.91 bits per heavy atom. The smallest absolute Gasteiger partial charge is 0.265 e. The second-order valence-corrected chi connectivity index (χ2v) is 7.85. The molecule has 0 fully saturated rings. The normalized spacial score (nSPS) is 12.7. The van der Waals surface area contributed by atoms with E-state index >= 15 is 0 Å². The molecule has 2 amide bonds. The summed E-state index contributed by atoms with van der Waals surface area (Å²) in [4.78, 5) is 26.6. The number of hydrogen-bond donors (Lipinski definition) is 1. The molecule has 1 aliphatic heterocycles. The maximum atomic E-state index is 12.5. The summed E-state index contributed by atoms with van der Waals surface area (Å²) in [5.41, 5.74) is 3.24. The molecule has 6 nitrogen and oxygen atoms in total. The molecule has 0 atom stereocenters. The summed E-state index contributed by atoms with van der Waals surface area (Å²) in [7, 11) is 0. The van der Waals surface area contributed by atoms with Crippen LogP contribution in [0.15, 0.2) is 66.7 Å². The summed E-state index contributed by atoms with van der Waals surface area (Å²) in [5.74, 6) is 0.788. The number of hydrogen-bond acceptors (Lipinski definition) is 4. The summed E-state index contributed by atoms with van der Waals surface area (Å²) >= 11 is 5.96. The van der Waals surface area contributed by atoms with Gasteiger partial charge in [0.1, 0.15) is 11.5 Å². The third-order valence-electron chi connectivity index (χ3n) is 5.12. The molecular weight excluding hydrogens is 428 g/mol. The molecule has 0 aromatic heterocycles. The molecule has 0 unspecified atom stereocenters. The van der Waals surface area contributed by atoms with Crippen LogP contribution in [0.4, 0.5) is 11.4 Å². The number of carbonyl (C=O) groups excluding carboxylic acids is 2. The van der Waals surface area contributed by atoms with Gasteiger partial charge in [-0.2, -0.15) is 0 Å². The van der Waals surface area contributed by atoms with Gasteiger partial charge in [-0.05, 0) is 60.0 Å². The highest BCUT2D eigenvalue weighted by Crippen LogP contribution is 2.35. The third kappa shape index (κ3) is 5.21. The van der Waals surface area contributed by atoms with Gasteiger partial charge in [0.05, 0.1) is 12.2 Å². The van der Waals surface area contributed by atoms with Crippen molar-refractivity contribution in [3.8, 4) is 11.5 Å². The average molecular weight is 451 g/mol. The number of amides is 2. The number of carbonyl (C=O) groups is 2. The van der Waals surface area contributed by atoms with E-state index in [0.29, 0.717) is 34.4 Å². The van der Waals surface area contributed by atoms with Gasteiger partial charge in [0, 0.05) is 10.7 Å². The topological polar surface area (TPSA) is 67.9 Å². The molecule has 3 aromatic carbocycles. The van der Waals surface area contributed by atoms with E-state index in [1.165, 1.54) is 0 Å². The molecule has 0 spiro atoms. The predicted octanol–water partition coefficient (Wildman–Crippen LogP) is 4.85. The van der Waals surface area contributed by atoms with Gasteiger partial charge < -0.3 is 19.7 Å². The van der Waals surface area contributed by atoms with Crippen LogP contribution in [-0.4, -0.2) is 25.0 Å². The molecule has 7 heteroatoms. The molecule has 3 aromatic rings. The molecule has 32 heavy (non-hydrogen) atoms. The fraction of sp³-hybridized carbons (Fsp3) is 0.200. The lowest BCUT2D eigenvalue weighted by Crippen LogP contribution is -2.38. The maximum Gasteiger partial charge on any atom is 0.265 e. The van der Waals surface area contributed by atoms with E-state index in [2.05, 4.69) is 12.2 Å². The monoisotopic (exact) mass is 450 g/mol. The van der Waals surface area contributed by atoms with Crippen LogP contribution < -0.4 is 19.7 Å². The summed E-state index contributed by atoms with van der Waals surface area (Å²) in [5, 5.41) is 3.46. The van der Waals surface area contributed by atoms with Crippen molar-refractivity contribution >= 4 is 34.8 Å². The van der Waals surface area contributed by atoms with Crippen LogP contribution in [0.2, 0.25) is 5.02 Å². The van der Waals surface area contributed by atoms with Crippen molar-refractivity contribution in [2.24, 2.45) is 0 Å². The molecule has 1 heterocycles. The molecule has 1 aliphatic rings. The summed E-state index contributed by atoms with van der Waals surface area (Å²) in [6.45, 7) is 2.29. The Bertz CT molecular complexity index is 1130. The van der Waals surface area contributed by atoms with Crippen molar-refractivity contribution in [2.75, 3.05) is 23.4 Å². The summed E-state index contributed by atoms with van der Waals surface area (Å²) in [6.07, 6.45) is 0.895. The van der Waals surface area contributed by atoms with Crippen molar-refractivity contribution in [1.29, 1.82) is 0 Å². The van der Waals surface area contributed by atoms with Gasteiger partial charge in [-0.3, -0.25) is 9.59 Å². The largest absolute Gasteiger partial charge is 0.484 e. The molecule has 164 valence electrons. The zero-order chi connectivity index (χ0) is 22.5. The van der Waals surface area contributed by atoms with Crippen molar-refractivity contribution in [3.63, 3.8) is 0 Å². The second-order valence-electron chi connectivity index (χ2n) is 7.42. The van der Waals surface area contributed by atoms with E-state index in [9.17, 15) is 9.59 Å². The van der Waals surface area contributed by atoms with Crippen molar-refractivity contribution < 1.29 is 19.1 Å². The fourth-order valence-corrected chi connectivity index (χ4v) is 3.55. The first kappa shape index (κ1) is 21.7. The van der Waals surface area contributed by atoms with Crippen molar-refractivity contribution in [1.82, 2.24) is 0 Å². The van der Waals surface area contributed by atoms with Crippen LogP contribution in [0.3, 0.4) is 0 Å². The lowest BCUT2D eigenvalue weighted by atomic mass is 10.1. The molecule has 0 saturated carbocycles. The molecule has 4 rings (SSSR count). The number of fused-ring (bicyclic) bond motifs is 1. The lowest BCUT2D eigenvalue weighted by Gasteiger charge is -2.30. The maximum absolute atomic E-state index is 12.5. The zero-order valence-electron chi connectivity index (χ0n) is 17.6. The Morgan fingerprint density at radius 3 is 2.69 bits per heavy atom. The van der Waals surface area contributed by atoms with E-state index in [4.69, 9.17) is 21.1 Å². The number of anilines is 2. The summed E-state index contributed by atoms with van der Waals surface area (Å²) < 4.78 is 11.2. The minimum Gasteiger partial charge on any atom is -0.484 e. The van der Waals surface area contributed by atoms with Crippen LogP contribution in [-0.2, 0) is 22.6 Å². The minimum absolute atomic E-state index is 0.0308.